The van der Waals surface area contributed by atoms with Crippen molar-refractivity contribution < 1.29 is 10.2 Å². The molecule has 0 aliphatic rings. The van der Waals surface area contributed by atoms with Crippen LogP contribution < -0.4 is 0 Å². The van der Waals surface area contributed by atoms with Gasteiger partial charge in [0.15, 0.2) is 11.8 Å². The van der Waals surface area contributed by atoms with E-state index in [9.17, 15) is 0 Å². The molecule has 0 aliphatic heterocycles. The summed E-state index contributed by atoms with van der Waals surface area (Å²) in [5.74, 6) is 0.0752. The van der Waals surface area contributed by atoms with E-state index < -0.39 is 0 Å². The Morgan fingerprint density at radius 2 is 1.80 bits per heavy atom. The fraction of sp³-hybridized carbons (Fsp3) is 0.143. The minimum Gasteiger partial charge on any atom is -0.494 e. The number of hydrogen-bond acceptors (Lipinski definition) is 2. The van der Waals surface area contributed by atoms with Crippen LogP contribution in [0.4, 0.5) is 0 Å². The summed E-state index contributed by atoms with van der Waals surface area (Å²) in [7, 11) is 0. The van der Waals surface area contributed by atoms with E-state index in [0.717, 1.165) is 0 Å². The van der Waals surface area contributed by atoms with Crippen molar-refractivity contribution in [2.24, 2.45) is 0 Å². The van der Waals surface area contributed by atoms with Crippen molar-refractivity contribution in [1.82, 2.24) is 4.57 Å². The maximum Gasteiger partial charge on any atom is 0.198 e. The predicted molar refractivity (Wildman–Crippen MR) is 38.8 cm³/mol. The third kappa shape index (κ3) is 0.978. The van der Waals surface area contributed by atoms with Crippen LogP contribution in [0.1, 0.15) is 6.92 Å². The minimum atomic E-state index is 0.0376. The van der Waals surface area contributed by atoms with Gasteiger partial charge in [-0.05, 0) is 6.92 Å². The molecule has 1 heterocycles. The highest BCUT2D eigenvalue weighted by atomic mass is 16.3. The van der Waals surface area contributed by atoms with E-state index in [1.54, 1.807) is 19.2 Å². The lowest BCUT2D eigenvalue weighted by Crippen LogP contribution is -1.81. The van der Waals surface area contributed by atoms with Gasteiger partial charge in [-0.3, -0.25) is 4.57 Å². The molecule has 3 heteroatoms. The first-order valence-corrected chi connectivity index (χ1v) is 2.97. The molecule has 2 N–H and O–H groups in total. The van der Waals surface area contributed by atoms with Crippen LogP contribution in [0.3, 0.4) is 0 Å². The molecule has 3 nitrogen and oxygen atoms in total. The number of allylic oxidation sites excluding steroid dienone is 1. The van der Waals surface area contributed by atoms with Crippen LogP contribution in [0, 0.1) is 0 Å². The van der Waals surface area contributed by atoms with Crippen LogP contribution in [0.15, 0.2) is 18.2 Å². The normalized spacial score (nSPS) is 10.9. The van der Waals surface area contributed by atoms with Crippen LogP contribution in [0.2, 0.25) is 0 Å². The third-order valence-electron chi connectivity index (χ3n) is 1.17. The van der Waals surface area contributed by atoms with Crippen LogP contribution in [0.25, 0.3) is 6.20 Å². The number of aromatic hydroxyl groups is 2. The summed E-state index contributed by atoms with van der Waals surface area (Å²) in [4.78, 5) is 0. The van der Waals surface area contributed by atoms with Crippen LogP contribution in [0.5, 0.6) is 11.8 Å². The molecular weight excluding hydrogens is 130 g/mol. The first-order chi connectivity index (χ1) is 4.75. The van der Waals surface area contributed by atoms with E-state index in [1.807, 2.05) is 0 Å². The van der Waals surface area contributed by atoms with Gasteiger partial charge in [-0.1, -0.05) is 6.08 Å². The van der Waals surface area contributed by atoms with Gasteiger partial charge in [0.05, 0.1) is 0 Å². The highest BCUT2D eigenvalue weighted by molar-refractivity contribution is 5.37. The summed E-state index contributed by atoms with van der Waals surface area (Å²) in [6, 6.07) is 2.85. The van der Waals surface area contributed by atoms with Crippen molar-refractivity contribution in [2.75, 3.05) is 0 Å². The van der Waals surface area contributed by atoms with E-state index in [0.29, 0.717) is 0 Å². The van der Waals surface area contributed by atoms with Gasteiger partial charge in [0.25, 0.3) is 0 Å². The molecule has 0 radical (unpaired) electrons. The standard InChI is InChI=1S/C7H9NO2/c1-2-5-8-6(9)3-4-7(8)10/h2-5,9-10H,1H3. The van der Waals surface area contributed by atoms with E-state index in [4.69, 9.17) is 10.2 Å². The summed E-state index contributed by atoms with van der Waals surface area (Å²) in [6.07, 6.45) is 3.30. The molecule has 0 atom stereocenters. The molecule has 1 aromatic heterocycles. The van der Waals surface area contributed by atoms with Crippen molar-refractivity contribution >= 4 is 6.20 Å². The quantitative estimate of drug-likeness (QED) is 0.617. The Bertz CT molecular complexity index is 231. The average molecular weight is 139 g/mol. The average Bonchev–Trinajstić information content (AvgIpc) is 2.20. The van der Waals surface area contributed by atoms with Crippen molar-refractivity contribution in [3.63, 3.8) is 0 Å². The highest BCUT2D eigenvalue weighted by Crippen LogP contribution is 2.20. The molecule has 0 spiro atoms. The van der Waals surface area contributed by atoms with E-state index >= 15 is 0 Å². The van der Waals surface area contributed by atoms with Gasteiger partial charge in [0.2, 0.25) is 0 Å². The highest BCUT2D eigenvalue weighted by Gasteiger charge is 1.99. The maximum absolute atomic E-state index is 9.01. The van der Waals surface area contributed by atoms with Gasteiger partial charge in [-0.25, -0.2) is 0 Å². The molecule has 1 rings (SSSR count). The zero-order chi connectivity index (χ0) is 7.56. The van der Waals surface area contributed by atoms with Crippen LogP contribution in [-0.4, -0.2) is 14.8 Å². The molecule has 1 aromatic rings. The van der Waals surface area contributed by atoms with Crippen molar-refractivity contribution in [1.29, 1.82) is 0 Å². The Morgan fingerprint density at radius 1 is 1.30 bits per heavy atom. The summed E-state index contributed by atoms with van der Waals surface area (Å²) >= 11 is 0. The molecule has 54 valence electrons. The van der Waals surface area contributed by atoms with Gasteiger partial charge in [-0.2, -0.15) is 0 Å². The molecule has 0 bridgehead atoms. The first-order valence-electron chi connectivity index (χ1n) is 2.97. The van der Waals surface area contributed by atoms with Crippen molar-refractivity contribution in [3.05, 3.63) is 18.2 Å². The SMILES string of the molecule is CC=Cn1c(O)ccc1O. The Balaban J connectivity index is 3.10. The van der Waals surface area contributed by atoms with E-state index in [2.05, 4.69) is 0 Å². The number of nitrogens with zero attached hydrogens (tertiary/aromatic N) is 1. The Kier molecular flexibility index (Phi) is 1.67. The molecule has 0 aromatic carbocycles. The second-order valence-electron chi connectivity index (χ2n) is 1.90. The number of aromatic nitrogens is 1. The van der Waals surface area contributed by atoms with Crippen LogP contribution in [-0.2, 0) is 0 Å². The van der Waals surface area contributed by atoms with E-state index in [1.165, 1.54) is 16.7 Å². The molecule has 0 amide bonds. The molecule has 0 fully saturated rings. The fourth-order valence-electron chi connectivity index (χ4n) is 0.729. The lowest BCUT2D eigenvalue weighted by atomic mass is 10.6. The second-order valence-corrected chi connectivity index (χ2v) is 1.90. The summed E-state index contributed by atoms with van der Waals surface area (Å²) < 4.78 is 1.28. The van der Waals surface area contributed by atoms with Gasteiger partial charge in [0.1, 0.15) is 0 Å². The Morgan fingerprint density at radius 3 is 2.20 bits per heavy atom. The fourth-order valence-corrected chi connectivity index (χ4v) is 0.729. The lowest BCUT2D eigenvalue weighted by Gasteiger charge is -1.96. The monoisotopic (exact) mass is 139 g/mol. The Labute approximate surface area is 58.8 Å². The number of hydrogen-bond donors (Lipinski definition) is 2. The first kappa shape index (κ1) is 6.74. The molecule has 0 saturated heterocycles. The third-order valence-corrected chi connectivity index (χ3v) is 1.17. The minimum absolute atomic E-state index is 0.0376. The maximum atomic E-state index is 9.01. The number of rotatable bonds is 1. The smallest absolute Gasteiger partial charge is 0.198 e. The molecule has 0 aliphatic carbocycles. The molecule has 10 heavy (non-hydrogen) atoms. The molecule has 0 saturated carbocycles. The largest absolute Gasteiger partial charge is 0.494 e. The topological polar surface area (TPSA) is 45.4 Å². The predicted octanol–water partition coefficient (Wildman–Crippen LogP) is 1.39. The van der Waals surface area contributed by atoms with Crippen LogP contribution >= 0.6 is 0 Å². The van der Waals surface area contributed by atoms with Gasteiger partial charge >= 0.3 is 0 Å². The van der Waals surface area contributed by atoms with Gasteiger partial charge in [0, 0.05) is 18.3 Å². The summed E-state index contributed by atoms with van der Waals surface area (Å²) in [6.45, 7) is 1.80. The lowest BCUT2D eigenvalue weighted by molar-refractivity contribution is 0.408. The zero-order valence-electron chi connectivity index (χ0n) is 5.65. The molecular formula is C7H9NO2. The summed E-state index contributed by atoms with van der Waals surface area (Å²) in [5, 5.41) is 18.0. The van der Waals surface area contributed by atoms with Gasteiger partial charge < -0.3 is 10.2 Å². The molecule has 0 unspecified atom stereocenters. The van der Waals surface area contributed by atoms with Gasteiger partial charge in [-0.15, -0.1) is 0 Å². The summed E-state index contributed by atoms with van der Waals surface area (Å²) in [5.41, 5.74) is 0. The second kappa shape index (κ2) is 2.47. The Hall–Kier alpha value is -1.38. The van der Waals surface area contributed by atoms with E-state index in [-0.39, 0.29) is 11.8 Å². The van der Waals surface area contributed by atoms with Crippen molar-refractivity contribution in [3.8, 4) is 11.8 Å². The zero-order valence-corrected chi connectivity index (χ0v) is 5.65. The van der Waals surface area contributed by atoms with Crippen molar-refractivity contribution in [2.45, 2.75) is 6.92 Å².